The van der Waals surface area contributed by atoms with Crippen molar-refractivity contribution >= 4 is 32.7 Å². The fourth-order valence-corrected chi connectivity index (χ4v) is 2.70. The Morgan fingerprint density at radius 3 is 2.74 bits per heavy atom. The van der Waals surface area contributed by atoms with Crippen LogP contribution in [0.1, 0.15) is 28.8 Å². The quantitative estimate of drug-likeness (QED) is 0.884. The Bertz CT molecular complexity index is 680. The summed E-state index contributed by atoms with van der Waals surface area (Å²) >= 11 is 3.73. The molecule has 0 radical (unpaired) electrons. The van der Waals surface area contributed by atoms with E-state index in [0.717, 1.165) is 35.1 Å². The first-order valence-corrected chi connectivity index (χ1v) is 6.80. The molecule has 3 rings (SSSR count). The normalized spacial score (nSPS) is 16.3. The molecule has 0 bridgehead atoms. The van der Waals surface area contributed by atoms with Gasteiger partial charge in [0.15, 0.2) is 0 Å². The molecule has 0 saturated heterocycles. The standard InChI is InChI=1S/C14H13BrN2O2/c1-19-12-6-11-8(4-9(7-17-11)13(16)18)5-10(12)14(15)2-3-14/h4-7H,2-3H2,1H3,(H2,16,18). The molecule has 1 saturated carbocycles. The summed E-state index contributed by atoms with van der Waals surface area (Å²) in [6.07, 6.45) is 3.65. The van der Waals surface area contributed by atoms with Crippen LogP contribution in [0.2, 0.25) is 0 Å². The molecule has 1 heterocycles. The van der Waals surface area contributed by atoms with Crippen LogP contribution in [0.4, 0.5) is 0 Å². The van der Waals surface area contributed by atoms with Gasteiger partial charge in [-0.05, 0) is 25.0 Å². The molecule has 1 fully saturated rings. The van der Waals surface area contributed by atoms with Gasteiger partial charge in [0.25, 0.3) is 0 Å². The summed E-state index contributed by atoms with van der Waals surface area (Å²) < 4.78 is 5.45. The Morgan fingerprint density at radius 1 is 1.42 bits per heavy atom. The number of rotatable bonds is 3. The van der Waals surface area contributed by atoms with Crippen LogP contribution in [0, 0.1) is 0 Å². The third-order valence-electron chi connectivity index (χ3n) is 3.46. The van der Waals surface area contributed by atoms with Crippen molar-refractivity contribution in [2.75, 3.05) is 7.11 Å². The lowest BCUT2D eigenvalue weighted by Crippen LogP contribution is -2.11. The van der Waals surface area contributed by atoms with Gasteiger partial charge in [-0.25, -0.2) is 0 Å². The first-order chi connectivity index (χ1) is 9.03. The largest absolute Gasteiger partial charge is 0.496 e. The lowest BCUT2D eigenvalue weighted by Gasteiger charge is -2.14. The van der Waals surface area contributed by atoms with Crippen LogP contribution in [0.5, 0.6) is 5.75 Å². The minimum absolute atomic E-state index is 0.00919. The molecule has 5 heteroatoms. The minimum Gasteiger partial charge on any atom is -0.496 e. The fourth-order valence-electron chi connectivity index (χ4n) is 2.19. The smallest absolute Gasteiger partial charge is 0.250 e. The number of halogens is 1. The minimum atomic E-state index is -0.466. The number of carbonyl (C=O) groups is 1. The van der Waals surface area contributed by atoms with Gasteiger partial charge in [0.2, 0.25) is 5.91 Å². The highest BCUT2D eigenvalue weighted by Crippen LogP contribution is 2.56. The molecule has 1 amide bonds. The number of benzene rings is 1. The number of carbonyl (C=O) groups excluding carboxylic acids is 1. The summed E-state index contributed by atoms with van der Waals surface area (Å²) in [6, 6.07) is 5.69. The summed E-state index contributed by atoms with van der Waals surface area (Å²) in [5, 5.41) is 0.901. The van der Waals surface area contributed by atoms with Crippen LogP contribution < -0.4 is 10.5 Å². The molecule has 0 spiro atoms. The van der Waals surface area contributed by atoms with Gasteiger partial charge in [-0.2, -0.15) is 0 Å². The zero-order chi connectivity index (χ0) is 13.6. The number of nitrogens with two attached hydrogens (primary N) is 1. The first-order valence-electron chi connectivity index (χ1n) is 6.00. The molecule has 1 aliphatic rings. The second-order valence-electron chi connectivity index (χ2n) is 4.80. The van der Waals surface area contributed by atoms with E-state index in [-0.39, 0.29) is 4.32 Å². The number of fused-ring (bicyclic) bond motifs is 1. The van der Waals surface area contributed by atoms with Gasteiger partial charge < -0.3 is 10.5 Å². The topological polar surface area (TPSA) is 65.2 Å². The zero-order valence-electron chi connectivity index (χ0n) is 10.4. The molecule has 2 aromatic rings. The Labute approximate surface area is 119 Å². The van der Waals surface area contributed by atoms with Gasteiger partial charge in [-0.1, -0.05) is 15.9 Å². The predicted octanol–water partition coefficient (Wildman–Crippen LogP) is 2.73. The number of amides is 1. The molecule has 0 unspecified atom stereocenters. The van der Waals surface area contributed by atoms with E-state index in [9.17, 15) is 4.79 Å². The molecule has 2 N–H and O–H groups in total. The van der Waals surface area contributed by atoms with Gasteiger partial charge in [0.1, 0.15) is 5.75 Å². The number of nitrogens with zero attached hydrogens (tertiary/aromatic N) is 1. The van der Waals surface area contributed by atoms with Crippen LogP contribution in [0.3, 0.4) is 0 Å². The summed E-state index contributed by atoms with van der Waals surface area (Å²) in [7, 11) is 1.65. The Morgan fingerprint density at radius 2 is 2.16 bits per heavy atom. The lowest BCUT2D eigenvalue weighted by atomic mass is 10.0. The fraction of sp³-hybridized carbons (Fsp3) is 0.286. The lowest BCUT2D eigenvalue weighted by molar-refractivity contribution is 0.1000. The summed E-state index contributed by atoms with van der Waals surface area (Å²) in [5.41, 5.74) is 7.60. The van der Waals surface area contributed by atoms with Crippen LogP contribution in [0.15, 0.2) is 24.4 Å². The predicted molar refractivity (Wildman–Crippen MR) is 76.7 cm³/mol. The van der Waals surface area contributed by atoms with Gasteiger partial charge >= 0.3 is 0 Å². The van der Waals surface area contributed by atoms with E-state index < -0.39 is 5.91 Å². The molecular weight excluding hydrogens is 308 g/mol. The van der Waals surface area contributed by atoms with Crippen molar-refractivity contribution in [1.29, 1.82) is 0 Å². The van der Waals surface area contributed by atoms with Crippen molar-refractivity contribution < 1.29 is 9.53 Å². The van der Waals surface area contributed by atoms with Crippen molar-refractivity contribution in [2.24, 2.45) is 5.73 Å². The monoisotopic (exact) mass is 320 g/mol. The Kier molecular flexibility index (Phi) is 2.74. The van der Waals surface area contributed by atoms with E-state index in [0.29, 0.717) is 5.56 Å². The maximum Gasteiger partial charge on any atom is 0.250 e. The van der Waals surface area contributed by atoms with Crippen molar-refractivity contribution in [1.82, 2.24) is 4.98 Å². The van der Waals surface area contributed by atoms with Crippen molar-refractivity contribution in [3.8, 4) is 5.75 Å². The number of hydrogen-bond acceptors (Lipinski definition) is 3. The molecule has 0 atom stereocenters. The summed E-state index contributed by atoms with van der Waals surface area (Å²) in [6.45, 7) is 0. The molecular formula is C14H13BrN2O2. The molecule has 4 nitrogen and oxygen atoms in total. The molecule has 98 valence electrons. The Balaban J connectivity index is 2.22. The SMILES string of the molecule is COc1cc2ncc(C(N)=O)cc2cc1C1(Br)CC1. The van der Waals surface area contributed by atoms with Crippen molar-refractivity contribution in [3.05, 3.63) is 35.5 Å². The third-order valence-corrected chi connectivity index (χ3v) is 4.68. The third kappa shape index (κ3) is 2.08. The van der Waals surface area contributed by atoms with E-state index in [1.165, 1.54) is 6.20 Å². The maximum atomic E-state index is 11.2. The van der Waals surface area contributed by atoms with E-state index in [1.807, 2.05) is 12.1 Å². The van der Waals surface area contributed by atoms with E-state index in [2.05, 4.69) is 20.9 Å². The first kappa shape index (κ1) is 12.4. The van der Waals surface area contributed by atoms with Crippen LogP contribution in [-0.4, -0.2) is 18.0 Å². The highest BCUT2D eigenvalue weighted by atomic mass is 79.9. The van der Waals surface area contributed by atoms with Gasteiger partial charge in [-0.3, -0.25) is 9.78 Å². The average Bonchev–Trinajstić information content (AvgIpc) is 3.15. The number of primary amides is 1. The molecule has 1 aromatic heterocycles. The van der Waals surface area contributed by atoms with E-state index >= 15 is 0 Å². The summed E-state index contributed by atoms with van der Waals surface area (Å²) in [4.78, 5) is 15.5. The average molecular weight is 321 g/mol. The van der Waals surface area contributed by atoms with Crippen LogP contribution in [0.25, 0.3) is 10.9 Å². The molecule has 1 aliphatic carbocycles. The van der Waals surface area contributed by atoms with Crippen molar-refractivity contribution in [3.63, 3.8) is 0 Å². The number of aromatic nitrogens is 1. The summed E-state index contributed by atoms with van der Waals surface area (Å²) in [5.74, 6) is 0.355. The highest BCUT2D eigenvalue weighted by molar-refractivity contribution is 9.09. The van der Waals surface area contributed by atoms with Crippen LogP contribution in [-0.2, 0) is 4.32 Å². The van der Waals surface area contributed by atoms with Crippen molar-refractivity contribution in [2.45, 2.75) is 17.2 Å². The number of methoxy groups -OCH3 is 1. The number of ether oxygens (including phenoxy) is 1. The molecule has 1 aromatic carbocycles. The van der Waals surface area contributed by atoms with E-state index in [4.69, 9.17) is 10.5 Å². The number of alkyl halides is 1. The maximum absolute atomic E-state index is 11.2. The second-order valence-corrected chi connectivity index (χ2v) is 6.32. The van der Waals surface area contributed by atoms with E-state index in [1.54, 1.807) is 13.2 Å². The molecule has 0 aliphatic heterocycles. The van der Waals surface area contributed by atoms with Gasteiger partial charge in [0.05, 0.1) is 22.5 Å². The van der Waals surface area contributed by atoms with Gasteiger partial charge in [0, 0.05) is 23.2 Å². The second kappa shape index (κ2) is 4.20. The number of hydrogen-bond donors (Lipinski definition) is 1. The molecule has 19 heavy (non-hydrogen) atoms. The van der Waals surface area contributed by atoms with Gasteiger partial charge in [-0.15, -0.1) is 0 Å². The number of pyridine rings is 1. The highest BCUT2D eigenvalue weighted by Gasteiger charge is 2.43. The zero-order valence-corrected chi connectivity index (χ0v) is 12.0. The Hall–Kier alpha value is -1.62. The van der Waals surface area contributed by atoms with Crippen LogP contribution >= 0.6 is 15.9 Å².